The van der Waals surface area contributed by atoms with Gasteiger partial charge in [-0.05, 0) is 40.2 Å². The fraction of sp³-hybridized carbons (Fsp3) is 0.900. The minimum atomic E-state index is -0.802. The molecule has 0 aromatic carbocycles. The van der Waals surface area contributed by atoms with Gasteiger partial charge in [0.15, 0.2) is 0 Å². The Bertz CT molecular complexity index is 159. The van der Waals surface area contributed by atoms with Crippen LogP contribution in [0.3, 0.4) is 0 Å². The minimum Gasteiger partial charge on any atom is -0.480 e. The molecule has 0 heterocycles. The van der Waals surface area contributed by atoms with Crippen molar-refractivity contribution < 1.29 is 14.6 Å². The zero-order chi connectivity index (χ0) is 11.0. The molecule has 0 aromatic heterocycles. The number of carboxylic acid groups (broad SMARTS) is 1. The predicted octanol–water partition coefficient (Wildman–Crippen LogP) is 1.25. The van der Waals surface area contributed by atoms with Gasteiger partial charge in [-0.2, -0.15) is 0 Å². The molecule has 0 saturated heterocycles. The number of carboxylic acids is 1. The average molecular weight is 203 g/mol. The van der Waals surface area contributed by atoms with Gasteiger partial charge in [0.1, 0.15) is 6.04 Å². The summed E-state index contributed by atoms with van der Waals surface area (Å²) in [6, 6.07) is -0.457. The van der Waals surface area contributed by atoms with Crippen molar-refractivity contribution in [1.29, 1.82) is 0 Å². The van der Waals surface area contributed by atoms with Crippen LogP contribution in [0, 0.1) is 0 Å². The molecule has 2 N–H and O–H groups in total. The van der Waals surface area contributed by atoms with Crippen LogP contribution in [0.25, 0.3) is 0 Å². The Balaban J connectivity index is 3.17. The van der Waals surface area contributed by atoms with Crippen LogP contribution in [-0.2, 0) is 9.53 Å². The van der Waals surface area contributed by atoms with E-state index in [2.05, 4.69) is 5.32 Å². The molecule has 14 heavy (non-hydrogen) atoms. The highest BCUT2D eigenvalue weighted by Crippen LogP contribution is 1.94. The molecule has 0 amide bonds. The summed E-state index contributed by atoms with van der Waals surface area (Å²) >= 11 is 0. The van der Waals surface area contributed by atoms with Crippen molar-refractivity contribution in [2.45, 2.75) is 45.8 Å². The summed E-state index contributed by atoms with van der Waals surface area (Å²) in [5.74, 6) is -0.802. The molecule has 0 aliphatic heterocycles. The van der Waals surface area contributed by atoms with Crippen molar-refractivity contribution in [3.8, 4) is 0 Å². The molecule has 0 saturated carbocycles. The molecule has 0 radical (unpaired) electrons. The molecule has 4 heteroatoms. The highest BCUT2D eigenvalue weighted by molar-refractivity contribution is 5.72. The molecule has 1 atom stereocenters. The Morgan fingerprint density at radius 3 is 2.50 bits per heavy atom. The van der Waals surface area contributed by atoms with E-state index in [0.717, 1.165) is 26.0 Å². The van der Waals surface area contributed by atoms with Gasteiger partial charge in [0.2, 0.25) is 0 Å². The van der Waals surface area contributed by atoms with Gasteiger partial charge >= 0.3 is 5.97 Å². The van der Waals surface area contributed by atoms with Crippen LogP contribution in [0.4, 0.5) is 0 Å². The van der Waals surface area contributed by atoms with Crippen LogP contribution in [0.15, 0.2) is 0 Å². The summed E-state index contributed by atoms with van der Waals surface area (Å²) in [6.45, 7) is 7.14. The Morgan fingerprint density at radius 1 is 1.36 bits per heavy atom. The van der Waals surface area contributed by atoms with Crippen LogP contribution in [0.1, 0.15) is 33.6 Å². The molecule has 84 valence electrons. The number of aliphatic carboxylic acids is 1. The Labute approximate surface area is 85.6 Å². The summed E-state index contributed by atoms with van der Waals surface area (Å²) in [6.07, 6.45) is 2.20. The maximum Gasteiger partial charge on any atom is 0.320 e. The lowest BCUT2D eigenvalue weighted by atomic mass is 10.3. The number of unbranched alkanes of at least 4 members (excludes halogenated alkanes) is 1. The first-order valence-corrected chi connectivity index (χ1v) is 5.12. The van der Waals surface area contributed by atoms with E-state index in [9.17, 15) is 4.79 Å². The van der Waals surface area contributed by atoms with Crippen molar-refractivity contribution in [1.82, 2.24) is 5.32 Å². The van der Waals surface area contributed by atoms with Crippen molar-refractivity contribution in [2.24, 2.45) is 0 Å². The molecule has 4 nitrogen and oxygen atoms in total. The summed E-state index contributed by atoms with van der Waals surface area (Å²) in [7, 11) is 0. The number of hydrogen-bond donors (Lipinski definition) is 2. The minimum absolute atomic E-state index is 0.279. The molecular formula is C10H21NO3. The van der Waals surface area contributed by atoms with Gasteiger partial charge < -0.3 is 15.2 Å². The van der Waals surface area contributed by atoms with E-state index < -0.39 is 12.0 Å². The van der Waals surface area contributed by atoms with Gasteiger partial charge in [0.25, 0.3) is 0 Å². The highest BCUT2D eigenvalue weighted by atomic mass is 16.5. The van der Waals surface area contributed by atoms with Gasteiger partial charge in [-0.15, -0.1) is 0 Å². The summed E-state index contributed by atoms with van der Waals surface area (Å²) in [4.78, 5) is 10.4. The predicted molar refractivity (Wildman–Crippen MR) is 55.4 cm³/mol. The van der Waals surface area contributed by atoms with Crippen molar-refractivity contribution in [3.05, 3.63) is 0 Å². The van der Waals surface area contributed by atoms with Gasteiger partial charge in [-0.1, -0.05) is 0 Å². The fourth-order valence-electron chi connectivity index (χ4n) is 0.952. The normalized spacial score (nSPS) is 13.1. The van der Waals surface area contributed by atoms with Crippen molar-refractivity contribution >= 4 is 5.97 Å². The van der Waals surface area contributed by atoms with Crippen LogP contribution < -0.4 is 5.32 Å². The molecule has 0 rings (SSSR count). The first kappa shape index (κ1) is 13.4. The SMILES string of the molecule is CC(C)OCCCCNC(C)C(=O)O. The van der Waals surface area contributed by atoms with E-state index in [0.29, 0.717) is 0 Å². The first-order valence-electron chi connectivity index (χ1n) is 5.12. The molecule has 0 aliphatic rings. The zero-order valence-electron chi connectivity index (χ0n) is 9.25. The number of nitrogens with one attached hydrogen (secondary N) is 1. The fourth-order valence-corrected chi connectivity index (χ4v) is 0.952. The van der Waals surface area contributed by atoms with Gasteiger partial charge in [-0.25, -0.2) is 0 Å². The summed E-state index contributed by atoms with van der Waals surface area (Å²) in [5, 5.41) is 11.5. The quantitative estimate of drug-likeness (QED) is 0.583. The topological polar surface area (TPSA) is 58.6 Å². The molecule has 0 aliphatic carbocycles. The van der Waals surface area contributed by atoms with E-state index in [1.807, 2.05) is 13.8 Å². The zero-order valence-corrected chi connectivity index (χ0v) is 9.25. The lowest BCUT2D eigenvalue weighted by Crippen LogP contribution is -2.34. The van der Waals surface area contributed by atoms with Gasteiger partial charge in [-0.3, -0.25) is 4.79 Å². The third-order valence-electron chi connectivity index (χ3n) is 1.84. The van der Waals surface area contributed by atoms with Crippen molar-refractivity contribution in [2.75, 3.05) is 13.2 Å². The Hall–Kier alpha value is -0.610. The first-order chi connectivity index (χ1) is 6.54. The largest absolute Gasteiger partial charge is 0.480 e. The van der Waals surface area contributed by atoms with Crippen LogP contribution in [-0.4, -0.2) is 36.4 Å². The van der Waals surface area contributed by atoms with Gasteiger partial charge in [0.05, 0.1) is 6.10 Å². The second kappa shape index (κ2) is 7.76. The van der Waals surface area contributed by atoms with Crippen LogP contribution in [0.2, 0.25) is 0 Å². The van der Waals surface area contributed by atoms with E-state index in [-0.39, 0.29) is 6.10 Å². The maximum absolute atomic E-state index is 10.4. The summed E-state index contributed by atoms with van der Waals surface area (Å²) in [5.41, 5.74) is 0. The smallest absolute Gasteiger partial charge is 0.320 e. The number of ether oxygens (including phenoxy) is 1. The monoisotopic (exact) mass is 203 g/mol. The van der Waals surface area contributed by atoms with E-state index >= 15 is 0 Å². The lowest BCUT2D eigenvalue weighted by molar-refractivity contribution is -0.138. The highest BCUT2D eigenvalue weighted by Gasteiger charge is 2.07. The average Bonchev–Trinajstić information content (AvgIpc) is 2.09. The van der Waals surface area contributed by atoms with E-state index in [4.69, 9.17) is 9.84 Å². The Kier molecular flexibility index (Phi) is 7.42. The van der Waals surface area contributed by atoms with E-state index in [1.165, 1.54) is 0 Å². The van der Waals surface area contributed by atoms with Crippen molar-refractivity contribution in [3.63, 3.8) is 0 Å². The van der Waals surface area contributed by atoms with Crippen LogP contribution >= 0.6 is 0 Å². The second-order valence-electron chi connectivity index (χ2n) is 3.64. The number of carbonyl (C=O) groups is 1. The Morgan fingerprint density at radius 2 is 2.00 bits per heavy atom. The molecule has 0 spiro atoms. The number of rotatable bonds is 8. The summed E-state index contributed by atoms with van der Waals surface area (Å²) < 4.78 is 5.35. The third-order valence-corrected chi connectivity index (χ3v) is 1.84. The molecular weight excluding hydrogens is 182 g/mol. The third kappa shape index (κ3) is 8.01. The molecule has 0 fully saturated rings. The van der Waals surface area contributed by atoms with E-state index in [1.54, 1.807) is 6.92 Å². The maximum atomic E-state index is 10.4. The van der Waals surface area contributed by atoms with Crippen LogP contribution in [0.5, 0.6) is 0 Å². The molecule has 0 bridgehead atoms. The van der Waals surface area contributed by atoms with Gasteiger partial charge in [0, 0.05) is 6.61 Å². The lowest BCUT2D eigenvalue weighted by Gasteiger charge is -2.09. The molecule has 1 unspecified atom stereocenters. The second-order valence-corrected chi connectivity index (χ2v) is 3.64. The molecule has 0 aromatic rings. The standard InChI is InChI=1S/C10H21NO3/c1-8(2)14-7-5-4-6-11-9(3)10(12)13/h8-9,11H,4-7H2,1-3H3,(H,12,13). The number of hydrogen-bond acceptors (Lipinski definition) is 3.